The zero-order valence-electron chi connectivity index (χ0n) is 17.3. The molecule has 0 bridgehead atoms. The first kappa shape index (κ1) is 24.1. The zero-order valence-corrected chi connectivity index (χ0v) is 18.1. The second-order valence-electron chi connectivity index (χ2n) is 6.28. The summed E-state index contributed by atoms with van der Waals surface area (Å²) in [4.78, 5) is 24.1. The molecule has 0 aliphatic carbocycles. The van der Waals surface area contributed by atoms with Gasteiger partial charge in [-0.15, -0.1) is 0 Å². The lowest BCUT2D eigenvalue weighted by Crippen LogP contribution is -2.26. The third-order valence-electron chi connectivity index (χ3n) is 4.06. The largest absolute Gasteiger partial charge is 0.513 e. The standard InChI is InChI=1S/C21H33NO5S/c1-4-6-7-8-9-10-14-28-15-13-22-20(23)18-12-11-17(25-3)16-19(18)27-21(24)26-5-2/h11-12,16H,4-10,13-15H2,1-3H3,(H,22,23). The molecule has 1 rings (SSSR count). The van der Waals surface area contributed by atoms with Crippen LogP contribution in [0.15, 0.2) is 18.2 Å². The van der Waals surface area contributed by atoms with Crippen molar-refractivity contribution in [3.63, 3.8) is 0 Å². The molecule has 0 fully saturated rings. The summed E-state index contributed by atoms with van der Waals surface area (Å²) in [5.74, 6) is 2.29. The van der Waals surface area contributed by atoms with E-state index in [1.165, 1.54) is 51.7 Å². The fourth-order valence-corrected chi connectivity index (χ4v) is 3.42. The van der Waals surface area contributed by atoms with Gasteiger partial charge in [-0.05, 0) is 31.2 Å². The number of thioether (sulfide) groups is 1. The first-order valence-corrected chi connectivity index (χ1v) is 11.2. The molecule has 1 amide bonds. The lowest BCUT2D eigenvalue weighted by Gasteiger charge is -2.12. The molecule has 0 unspecified atom stereocenters. The monoisotopic (exact) mass is 411 g/mol. The van der Waals surface area contributed by atoms with E-state index in [1.54, 1.807) is 19.1 Å². The van der Waals surface area contributed by atoms with Crippen LogP contribution in [-0.2, 0) is 4.74 Å². The van der Waals surface area contributed by atoms with E-state index in [0.29, 0.717) is 12.3 Å². The van der Waals surface area contributed by atoms with Crippen molar-refractivity contribution >= 4 is 23.8 Å². The van der Waals surface area contributed by atoms with Gasteiger partial charge in [0.05, 0.1) is 19.3 Å². The maximum Gasteiger partial charge on any atom is 0.513 e. The van der Waals surface area contributed by atoms with E-state index in [0.717, 1.165) is 11.5 Å². The fraction of sp³-hybridized carbons (Fsp3) is 0.619. The molecule has 7 heteroatoms. The Bertz CT molecular complexity index is 594. The van der Waals surface area contributed by atoms with Crippen molar-refractivity contribution in [2.45, 2.75) is 52.4 Å². The van der Waals surface area contributed by atoms with Gasteiger partial charge in [-0.25, -0.2) is 4.79 Å². The first-order valence-electron chi connectivity index (χ1n) is 10.0. The molecule has 0 saturated heterocycles. The van der Waals surface area contributed by atoms with E-state index >= 15 is 0 Å². The van der Waals surface area contributed by atoms with Gasteiger partial charge < -0.3 is 19.5 Å². The van der Waals surface area contributed by atoms with Crippen molar-refractivity contribution in [2.24, 2.45) is 0 Å². The van der Waals surface area contributed by atoms with Gasteiger partial charge in [0.25, 0.3) is 5.91 Å². The second kappa shape index (κ2) is 15.1. The Morgan fingerprint density at radius 2 is 1.79 bits per heavy atom. The van der Waals surface area contributed by atoms with Crippen LogP contribution < -0.4 is 14.8 Å². The van der Waals surface area contributed by atoms with Gasteiger partial charge in [-0.1, -0.05) is 39.0 Å². The molecule has 6 nitrogen and oxygen atoms in total. The number of carbonyl (C=O) groups is 2. The number of nitrogens with one attached hydrogen (secondary N) is 1. The van der Waals surface area contributed by atoms with Crippen molar-refractivity contribution in [3.8, 4) is 11.5 Å². The van der Waals surface area contributed by atoms with Crippen molar-refractivity contribution in [3.05, 3.63) is 23.8 Å². The van der Waals surface area contributed by atoms with Gasteiger partial charge in [0.2, 0.25) is 0 Å². The predicted octanol–water partition coefficient (Wildman–Crippen LogP) is 5.05. The van der Waals surface area contributed by atoms with Crippen LogP contribution in [0.25, 0.3) is 0 Å². The summed E-state index contributed by atoms with van der Waals surface area (Å²) < 4.78 is 15.1. The number of methoxy groups -OCH3 is 1. The highest BCUT2D eigenvalue weighted by Gasteiger charge is 2.17. The Morgan fingerprint density at radius 1 is 1.04 bits per heavy atom. The van der Waals surface area contributed by atoms with E-state index in [2.05, 4.69) is 12.2 Å². The van der Waals surface area contributed by atoms with Crippen LogP contribution in [0.5, 0.6) is 11.5 Å². The summed E-state index contributed by atoms with van der Waals surface area (Å²) in [7, 11) is 1.50. The SMILES string of the molecule is CCCCCCCCSCCNC(=O)c1ccc(OC)cc1OC(=O)OCC. The summed E-state index contributed by atoms with van der Waals surface area (Å²) in [6.07, 6.45) is 6.89. The summed E-state index contributed by atoms with van der Waals surface area (Å²) in [6, 6.07) is 4.73. The second-order valence-corrected chi connectivity index (χ2v) is 7.51. The topological polar surface area (TPSA) is 73.9 Å². The average Bonchev–Trinajstić information content (AvgIpc) is 2.69. The van der Waals surface area contributed by atoms with Crippen molar-refractivity contribution in [1.29, 1.82) is 0 Å². The molecule has 0 atom stereocenters. The molecular weight excluding hydrogens is 378 g/mol. The van der Waals surface area contributed by atoms with E-state index in [9.17, 15) is 9.59 Å². The fourth-order valence-electron chi connectivity index (χ4n) is 2.56. The first-order chi connectivity index (χ1) is 13.6. The number of unbranched alkanes of at least 4 members (excludes halogenated alkanes) is 5. The highest BCUT2D eigenvalue weighted by atomic mass is 32.2. The molecule has 158 valence electrons. The summed E-state index contributed by atoms with van der Waals surface area (Å²) >= 11 is 1.84. The molecular formula is C21H33NO5S. The smallest absolute Gasteiger partial charge is 0.497 e. The Hall–Kier alpha value is -1.89. The zero-order chi connectivity index (χ0) is 20.6. The Labute approximate surface area is 172 Å². The molecule has 0 radical (unpaired) electrons. The maximum absolute atomic E-state index is 12.4. The number of rotatable bonds is 14. The molecule has 0 aliphatic heterocycles. The van der Waals surface area contributed by atoms with E-state index in [-0.39, 0.29) is 23.8 Å². The van der Waals surface area contributed by atoms with Crippen LogP contribution in [0.2, 0.25) is 0 Å². The van der Waals surface area contributed by atoms with Gasteiger partial charge >= 0.3 is 6.16 Å². The van der Waals surface area contributed by atoms with Crippen molar-refractivity contribution < 1.29 is 23.8 Å². The summed E-state index contributed by atoms with van der Waals surface area (Å²) in [6.45, 7) is 4.66. The molecule has 0 saturated carbocycles. The minimum absolute atomic E-state index is 0.120. The number of hydrogen-bond acceptors (Lipinski definition) is 6. The van der Waals surface area contributed by atoms with Gasteiger partial charge in [0.15, 0.2) is 5.75 Å². The van der Waals surface area contributed by atoms with Crippen LogP contribution in [0, 0.1) is 0 Å². The van der Waals surface area contributed by atoms with Crippen LogP contribution in [0.3, 0.4) is 0 Å². The number of ether oxygens (including phenoxy) is 3. The Kier molecular flexibility index (Phi) is 13.0. The summed E-state index contributed by atoms with van der Waals surface area (Å²) in [5.41, 5.74) is 0.273. The van der Waals surface area contributed by atoms with Crippen LogP contribution in [-0.4, -0.2) is 43.8 Å². The van der Waals surface area contributed by atoms with Crippen molar-refractivity contribution in [1.82, 2.24) is 5.32 Å². The van der Waals surface area contributed by atoms with Crippen LogP contribution in [0.1, 0.15) is 62.7 Å². The number of carbonyl (C=O) groups excluding carboxylic acids is 2. The lowest BCUT2D eigenvalue weighted by atomic mass is 10.1. The number of amides is 1. The Morgan fingerprint density at radius 3 is 2.50 bits per heavy atom. The summed E-state index contributed by atoms with van der Waals surface area (Å²) in [5, 5.41) is 2.87. The highest BCUT2D eigenvalue weighted by Crippen LogP contribution is 2.25. The highest BCUT2D eigenvalue weighted by molar-refractivity contribution is 7.99. The molecule has 1 aromatic carbocycles. The maximum atomic E-state index is 12.4. The number of hydrogen-bond donors (Lipinski definition) is 1. The molecule has 1 aromatic rings. The minimum Gasteiger partial charge on any atom is -0.497 e. The van der Waals surface area contributed by atoms with E-state index < -0.39 is 6.16 Å². The minimum atomic E-state index is -0.848. The molecule has 1 N–H and O–H groups in total. The van der Waals surface area contributed by atoms with Gasteiger partial charge in [0, 0.05) is 18.4 Å². The molecule has 0 aliphatic rings. The van der Waals surface area contributed by atoms with E-state index in [4.69, 9.17) is 14.2 Å². The molecule has 0 aromatic heterocycles. The van der Waals surface area contributed by atoms with Crippen molar-refractivity contribution in [2.75, 3.05) is 31.8 Å². The van der Waals surface area contributed by atoms with Gasteiger partial charge in [-0.2, -0.15) is 11.8 Å². The third-order valence-corrected chi connectivity index (χ3v) is 5.13. The normalized spacial score (nSPS) is 10.4. The van der Waals surface area contributed by atoms with Crippen LogP contribution in [0.4, 0.5) is 4.79 Å². The third kappa shape index (κ3) is 9.88. The number of benzene rings is 1. The Balaban J connectivity index is 2.39. The quantitative estimate of drug-likeness (QED) is 0.262. The lowest BCUT2D eigenvalue weighted by molar-refractivity contribution is 0.0941. The van der Waals surface area contributed by atoms with Gasteiger partial charge in [0.1, 0.15) is 5.75 Å². The van der Waals surface area contributed by atoms with E-state index in [1.807, 2.05) is 11.8 Å². The predicted molar refractivity (Wildman–Crippen MR) is 114 cm³/mol. The molecule has 0 heterocycles. The average molecular weight is 412 g/mol. The van der Waals surface area contributed by atoms with Gasteiger partial charge in [-0.3, -0.25) is 4.79 Å². The van der Waals surface area contributed by atoms with Crippen LogP contribution >= 0.6 is 11.8 Å². The molecule has 28 heavy (non-hydrogen) atoms. The molecule has 0 spiro atoms.